The van der Waals surface area contributed by atoms with Crippen molar-refractivity contribution in [3.8, 4) is 11.1 Å². The average Bonchev–Trinajstić information content (AvgIpc) is 3.48. The van der Waals surface area contributed by atoms with Crippen LogP contribution in [0.1, 0.15) is 30.3 Å². The molecule has 0 spiro atoms. The lowest BCUT2D eigenvalue weighted by atomic mass is 9.96. The Morgan fingerprint density at radius 1 is 1.09 bits per heavy atom. The molecule has 5 rings (SSSR count). The molecule has 0 amide bonds. The number of furan rings is 1. The lowest BCUT2D eigenvalue weighted by Crippen LogP contribution is -2.32. The Morgan fingerprint density at radius 2 is 1.83 bits per heavy atom. The van der Waals surface area contributed by atoms with Crippen molar-refractivity contribution in [2.24, 2.45) is 0 Å². The van der Waals surface area contributed by atoms with E-state index >= 15 is 0 Å². The average molecular weight is 490 g/mol. The molecule has 0 radical (unpaired) electrons. The molecule has 0 bridgehead atoms. The third-order valence-corrected chi connectivity index (χ3v) is 5.66. The van der Waals surface area contributed by atoms with Gasteiger partial charge in [-0.3, -0.25) is 4.90 Å². The van der Waals surface area contributed by atoms with Gasteiger partial charge in [-0.1, -0.05) is 12.1 Å². The van der Waals surface area contributed by atoms with Crippen LogP contribution in [0.4, 0.5) is 17.6 Å². The number of carboxylic acids is 1. The normalized spacial score (nSPS) is 15.1. The summed E-state index contributed by atoms with van der Waals surface area (Å²) >= 11 is 0. The molecule has 7 nitrogen and oxygen atoms in total. The minimum atomic E-state index is -5.08. The summed E-state index contributed by atoms with van der Waals surface area (Å²) in [4.78, 5) is 16.0. The Labute approximate surface area is 197 Å². The van der Waals surface area contributed by atoms with Crippen molar-refractivity contribution >= 4 is 11.6 Å². The number of carboxylic acid groups (broad SMARTS) is 1. The van der Waals surface area contributed by atoms with Gasteiger partial charge >= 0.3 is 12.1 Å². The molecule has 4 heterocycles. The highest BCUT2D eigenvalue weighted by atomic mass is 19.4. The number of halogens is 4. The van der Waals surface area contributed by atoms with Crippen molar-refractivity contribution in [2.75, 3.05) is 13.1 Å². The number of carbonyl (C=O) groups is 1. The number of alkyl halides is 3. The maximum Gasteiger partial charge on any atom is 0.490 e. The molecule has 11 heteroatoms. The number of aromatic nitrogens is 3. The molecular formula is C24H22F4N4O3. The fraction of sp³-hybridized carbons (Fsp3) is 0.292. The molecule has 0 saturated carbocycles. The molecule has 1 saturated heterocycles. The van der Waals surface area contributed by atoms with Crippen molar-refractivity contribution in [3.05, 3.63) is 78.4 Å². The fourth-order valence-electron chi connectivity index (χ4n) is 3.88. The van der Waals surface area contributed by atoms with E-state index in [4.69, 9.17) is 24.4 Å². The van der Waals surface area contributed by atoms with Crippen LogP contribution in [0.3, 0.4) is 0 Å². The monoisotopic (exact) mass is 490 g/mol. The molecule has 0 atom stereocenters. The van der Waals surface area contributed by atoms with Crippen molar-refractivity contribution in [2.45, 2.75) is 31.5 Å². The largest absolute Gasteiger partial charge is 0.490 e. The molecule has 1 N–H and O–H groups in total. The van der Waals surface area contributed by atoms with Gasteiger partial charge in [-0.05, 0) is 67.9 Å². The van der Waals surface area contributed by atoms with E-state index in [2.05, 4.69) is 4.90 Å². The molecule has 4 aromatic rings. The third-order valence-electron chi connectivity index (χ3n) is 5.66. The Balaban J connectivity index is 0.000000364. The number of piperidine rings is 1. The highest BCUT2D eigenvalue weighted by Gasteiger charge is 2.38. The van der Waals surface area contributed by atoms with E-state index < -0.39 is 12.1 Å². The number of rotatable bonds is 4. The lowest BCUT2D eigenvalue weighted by molar-refractivity contribution is -0.192. The number of fused-ring (bicyclic) bond motifs is 1. The Hall–Kier alpha value is -3.73. The first-order chi connectivity index (χ1) is 16.7. The van der Waals surface area contributed by atoms with Crippen LogP contribution >= 0.6 is 0 Å². The molecule has 3 aromatic heterocycles. The first-order valence-electron chi connectivity index (χ1n) is 10.9. The van der Waals surface area contributed by atoms with Crippen LogP contribution in [-0.4, -0.2) is 49.8 Å². The Morgan fingerprint density at radius 3 is 2.46 bits per heavy atom. The number of benzene rings is 1. The summed E-state index contributed by atoms with van der Waals surface area (Å²) in [5.41, 5.74) is 2.59. The molecular weight excluding hydrogens is 468 g/mol. The maximum atomic E-state index is 13.5. The number of likely N-dealkylation sites (tertiary alicyclic amines) is 1. The van der Waals surface area contributed by atoms with Gasteiger partial charge in [-0.2, -0.15) is 18.3 Å². The van der Waals surface area contributed by atoms with Gasteiger partial charge < -0.3 is 9.52 Å². The summed E-state index contributed by atoms with van der Waals surface area (Å²) in [5.74, 6) is -0.723. The molecule has 0 aliphatic carbocycles. The van der Waals surface area contributed by atoms with E-state index in [0.29, 0.717) is 5.92 Å². The van der Waals surface area contributed by atoms with E-state index in [1.807, 2.05) is 41.0 Å². The van der Waals surface area contributed by atoms with Crippen molar-refractivity contribution in [1.82, 2.24) is 19.5 Å². The Kier molecular flexibility index (Phi) is 7.15. The SMILES string of the molecule is Fc1cccc(-c2ccc3nc(C4CCN(Cc5ccco5)CC4)nn3c2)c1.O=C(O)C(F)(F)F. The predicted molar refractivity (Wildman–Crippen MR) is 118 cm³/mol. The van der Waals surface area contributed by atoms with Crippen LogP contribution in [0.5, 0.6) is 0 Å². The van der Waals surface area contributed by atoms with Gasteiger partial charge in [-0.15, -0.1) is 0 Å². The molecule has 35 heavy (non-hydrogen) atoms. The van der Waals surface area contributed by atoms with Crippen LogP contribution in [0.15, 0.2) is 65.4 Å². The first-order valence-corrected chi connectivity index (χ1v) is 10.9. The molecule has 1 aliphatic heterocycles. The summed E-state index contributed by atoms with van der Waals surface area (Å²) in [6, 6.07) is 14.5. The summed E-state index contributed by atoms with van der Waals surface area (Å²) < 4.78 is 52.5. The van der Waals surface area contributed by atoms with E-state index in [1.54, 1.807) is 12.3 Å². The zero-order valence-electron chi connectivity index (χ0n) is 18.5. The van der Waals surface area contributed by atoms with Crippen LogP contribution < -0.4 is 0 Å². The number of hydrogen-bond donors (Lipinski definition) is 1. The lowest BCUT2D eigenvalue weighted by Gasteiger charge is -2.29. The highest BCUT2D eigenvalue weighted by molar-refractivity contribution is 5.73. The molecule has 184 valence electrons. The minimum Gasteiger partial charge on any atom is -0.475 e. The standard InChI is InChI=1S/C22H21FN4O.C2HF3O2/c23-19-4-1-3-17(13-19)18-6-7-21-24-22(25-27(21)14-18)16-8-10-26(11-9-16)15-20-5-2-12-28-20;3-2(4,5)1(6)7/h1-7,12-14,16H,8-11,15H2;(H,6,7). The Bertz CT molecular complexity index is 1280. The topological polar surface area (TPSA) is 83.9 Å². The smallest absolute Gasteiger partial charge is 0.475 e. The van der Waals surface area contributed by atoms with Crippen molar-refractivity contribution in [3.63, 3.8) is 0 Å². The van der Waals surface area contributed by atoms with E-state index in [1.165, 1.54) is 12.1 Å². The van der Waals surface area contributed by atoms with Gasteiger partial charge in [0, 0.05) is 17.7 Å². The zero-order chi connectivity index (χ0) is 25.0. The second-order valence-electron chi connectivity index (χ2n) is 8.13. The molecule has 0 unspecified atom stereocenters. The maximum absolute atomic E-state index is 13.5. The van der Waals surface area contributed by atoms with Gasteiger partial charge in [0.05, 0.1) is 12.8 Å². The van der Waals surface area contributed by atoms with E-state index in [0.717, 1.165) is 60.8 Å². The number of nitrogens with zero attached hydrogens (tertiary/aromatic N) is 4. The third kappa shape index (κ3) is 6.24. The van der Waals surface area contributed by atoms with Crippen LogP contribution in [-0.2, 0) is 11.3 Å². The summed E-state index contributed by atoms with van der Waals surface area (Å²) in [5, 5.41) is 11.8. The molecule has 1 aliphatic rings. The van der Waals surface area contributed by atoms with Crippen LogP contribution in [0, 0.1) is 5.82 Å². The van der Waals surface area contributed by atoms with E-state index in [9.17, 15) is 17.6 Å². The number of aliphatic carboxylic acids is 1. The van der Waals surface area contributed by atoms with E-state index in [-0.39, 0.29) is 5.82 Å². The van der Waals surface area contributed by atoms with Gasteiger partial charge in [0.25, 0.3) is 0 Å². The molecule has 1 fully saturated rings. The van der Waals surface area contributed by atoms with Crippen molar-refractivity contribution < 1.29 is 31.9 Å². The van der Waals surface area contributed by atoms with Gasteiger partial charge in [-0.25, -0.2) is 18.7 Å². The van der Waals surface area contributed by atoms with Gasteiger partial charge in [0.15, 0.2) is 11.5 Å². The minimum absolute atomic E-state index is 0.238. The highest BCUT2D eigenvalue weighted by Crippen LogP contribution is 2.28. The summed E-state index contributed by atoms with van der Waals surface area (Å²) in [7, 11) is 0. The number of pyridine rings is 1. The van der Waals surface area contributed by atoms with Crippen LogP contribution in [0.25, 0.3) is 16.8 Å². The molecule has 1 aromatic carbocycles. The number of hydrogen-bond acceptors (Lipinski definition) is 5. The summed E-state index contributed by atoms with van der Waals surface area (Å²) in [6.07, 6.45) is 0.635. The second kappa shape index (κ2) is 10.3. The first kappa shape index (κ1) is 24.4. The second-order valence-corrected chi connectivity index (χ2v) is 8.13. The fourth-order valence-corrected chi connectivity index (χ4v) is 3.88. The quantitative estimate of drug-likeness (QED) is 0.399. The van der Waals surface area contributed by atoms with Crippen molar-refractivity contribution in [1.29, 1.82) is 0 Å². The van der Waals surface area contributed by atoms with Crippen LogP contribution in [0.2, 0.25) is 0 Å². The van der Waals surface area contributed by atoms with Gasteiger partial charge in [0.1, 0.15) is 11.6 Å². The predicted octanol–water partition coefficient (Wildman–Crippen LogP) is 5.14. The summed E-state index contributed by atoms with van der Waals surface area (Å²) in [6.45, 7) is 2.88. The van der Waals surface area contributed by atoms with Gasteiger partial charge in [0.2, 0.25) is 0 Å². The zero-order valence-corrected chi connectivity index (χ0v) is 18.5.